The highest BCUT2D eigenvalue weighted by molar-refractivity contribution is 7.26. The van der Waals surface area contributed by atoms with Gasteiger partial charge in [-0.05, 0) is 109 Å². The molecule has 0 atom stereocenters. The van der Waals surface area contributed by atoms with E-state index in [-0.39, 0.29) is 5.41 Å². The molecule has 61 heavy (non-hydrogen) atoms. The predicted octanol–water partition coefficient (Wildman–Crippen LogP) is 16.1. The lowest BCUT2D eigenvalue weighted by Gasteiger charge is -2.32. The van der Waals surface area contributed by atoms with Crippen LogP contribution in [0.25, 0.3) is 75.5 Å². The average molecular weight is 796 g/mol. The van der Waals surface area contributed by atoms with Gasteiger partial charge in [0.2, 0.25) is 0 Å². The zero-order valence-corrected chi connectivity index (χ0v) is 34.5. The van der Waals surface area contributed by atoms with Gasteiger partial charge in [0.15, 0.2) is 0 Å². The number of thiophene rings is 1. The minimum atomic E-state index is -0.458. The summed E-state index contributed by atoms with van der Waals surface area (Å²) >= 11 is 1.86. The lowest BCUT2D eigenvalue weighted by Crippen LogP contribution is -2.26. The quantitative estimate of drug-likeness (QED) is 0.177. The topological polar surface area (TPSA) is 16.4 Å². The number of nitrogens with zero attached hydrogens (tertiary/aromatic N) is 1. The number of rotatable bonds is 3. The second kappa shape index (κ2) is 11.8. The number of para-hydroxylation sites is 1. The Balaban J connectivity index is 1.11. The van der Waals surface area contributed by atoms with E-state index in [1.165, 1.54) is 86.9 Å². The van der Waals surface area contributed by atoms with Crippen molar-refractivity contribution in [3.63, 3.8) is 0 Å². The van der Waals surface area contributed by atoms with Gasteiger partial charge in [-0.1, -0.05) is 159 Å². The van der Waals surface area contributed by atoms with E-state index in [4.69, 9.17) is 4.42 Å². The number of fused-ring (bicyclic) bond motifs is 20. The Kier molecular flexibility index (Phi) is 6.48. The van der Waals surface area contributed by atoms with Crippen molar-refractivity contribution in [3.05, 3.63) is 221 Å². The highest BCUT2D eigenvalue weighted by atomic mass is 32.1. The Morgan fingerprint density at radius 2 is 0.918 bits per heavy atom. The first-order valence-corrected chi connectivity index (χ1v) is 22.1. The molecule has 11 aromatic rings. The third-order valence-electron chi connectivity index (χ3n) is 14.3. The predicted molar refractivity (Wildman–Crippen MR) is 255 cm³/mol. The van der Waals surface area contributed by atoms with Crippen molar-refractivity contribution < 1.29 is 4.42 Å². The minimum Gasteiger partial charge on any atom is -0.455 e. The third-order valence-corrected chi connectivity index (χ3v) is 15.5. The number of furan rings is 1. The summed E-state index contributed by atoms with van der Waals surface area (Å²) in [4.78, 5) is 2.56. The molecule has 0 saturated heterocycles. The zero-order chi connectivity index (χ0) is 40.2. The summed E-state index contributed by atoms with van der Waals surface area (Å²) in [5.74, 6) is 0. The molecule has 2 aromatic heterocycles. The van der Waals surface area contributed by atoms with E-state index in [9.17, 15) is 0 Å². The Hall–Kier alpha value is -7.20. The number of hydrogen-bond acceptors (Lipinski definition) is 3. The summed E-state index contributed by atoms with van der Waals surface area (Å²) in [5.41, 5.74) is 20.6. The molecule has 2 nitrogen and oxygen atoms in total. The Bertz CT molecular complexity index is 3650. The van der Waals surface area contributed by atoms with Crippen molar-refractivity contribution in [3.8, 4) is 33.4 Å². The molecule has 3 aliphatic carbocycles. The molecule has 2 heterocycles. The molecule has 3 heteroatoms. The second-order valence-corrected chi connectivity index (χ2v) is 18.6. The van der Waals surface area contributed by atoms with E-state index in [1.54, 1.807) is 0 Å². The van der Waals surface area contributed by atoms with Gasteiger partial charge >= 0.3 is 0 Å². The Labute approximate surface area is 357 Å². The molecule has 0 N–H and O–H groups in total. The van der Waals surface area contributed by atoms with Crippen LogP contribution in [0, 0.1) is 0 Å². The molecule has 9 aromatic carbocycles. The number of hydrogen-bond donors (Lipinski definition) is 0. The van der Waals surface area contributed by atoms with Crippen LogP contribution in [0.3, 0.4) is 0 Å². The normalized spacial score (nSPS) is 14.7. The maximum absolute atomic E-state index is 6.82. The van der Waals surface area contributed by atoms with Gasteiger partial charge in [-0.2, -0.15) is 0 Å². The van der Waals surface area contributed by atoms with Gasteiger partial charge in [-0.15, -0.1) is 11.3 Å². The standard InChI is InChI=1S/C58H37NOS/c1-57(2)45-21-9-3-15-36(45)40-29-27-34(31-49(40)57)59(51-33-44-42-19-7-13-25-52(42)60-55(44)54-43-20-8-14-26-53(43)61-56(51)54)35-28-30-41-39-18-6-12-24-48(39)58(50(41)32-35)46-22-10-4-16-37(46)38-17-5-11-23-47(38)58/h3-33H,1-2H3. The maximum atomic E-state index is 6.82. The van der Waals surface area contributed by atoms with Crippen LogP contribution in [0.1, 0.15) is 47.2 Å². The van der Waals surface area contributed by atoms with E-state index >= 15 is 0 Å². The summed E-state index contributed by atoms with van der Waals surface area (Å²) in [6, 6.07) is 70.4. The summed E-state index contributed by atoms with van der Waals surface area (Å²) < 4.78 is 9.28. The Morgan fingerprint density at radius 1 is 0.426 bits per heavy atom. The van der Waals surface area contributed by atoms with Gasteiger partial charge < -0.3 is 9.32 Å². The monoisotopic (exact) mass is 795 g/mol. The fourth-order valence-electron chi connectivity index (χ4n) is 11.7. The molecular formula is C58H37NOS. The van der Waals surface area contributed by atoms with Gasteiger partial charge in [0, 0.05) is 43.0 Å². The van der Waals surface area contributed by atoms with E-state index < -0.39 is 5.41 Å². The molecular weight excluding hydrogens is 759 g/mol. The van der Waals surface area contributed by atoms with Crippen molar-refractivity contribution in [1.82, 2.24) is 0 Å². The Morgan fingerprint density at radius 3 is 1.57 bits per heavy atom. The zero-order valence-electron chi connectivity index (χ0n) is 33.7. The highest BCUT2D eigenvalue weighted by Crippen LogP contribution is 2.64. The summed E-state index contributed by atoms with van der Waals surface area (Å²) in [5, 5.41) is 4.65. The third kappa shape index (κ3) is 4.17. The van der Waals surface area contributed by atoms with Crippen LogP contribution in [0.5, 0.6) is 0 Å². The molecule has 0 radical (unpaired) electrons. The van der Waals surface area contributed by atoms with E-state index in [0.717, 1.165) is 39.0 Å². The number of benzene rings is 9. The van der Waals surface area contributed by atoms with Gasteiger partial charge in [-0.25, -0.2) is 0 Å². The minimum absolute atomic E-state index is 0.161. The molecule has 0 amide bonds. The van der Waals surface area contributed by atoms with Gasteiger partial charge in [-0.3, -0.25) is 0 Å². The van der Waals surface area contributed by atoms with E-state index in [1.807, 2.05) is 11.3 Å². The SMILES string of the molecule is CC1(C)c2ccccc2-c2ccc(N(c3ccc4c(c3)C3(c5ccccc5-c5ccccc53)c3ccccc3-4)c3cc4c5ccccc5oc4c4c3sc3ccccc34)cc21. The summed E-state index contributed by atoms with van der Waals surface area (Å²) in [7, 11) is 0. The van der Waals surface area contributed by atoms with Crippen LogP contribution >= 0.6 is 11.3 Å². The van der Waals surface area contributed by atoms with Gasteiger partial charge in [0.25, 0.3) is 0 Å². The van der Waals surface area contributed by atoms with Gasteiger partial charge in [0.1, 0.15) is 11.2 Å². The second-order valence-electron chi connectivity index (χ2n) is 17.5. The van der Waals surface area contributed by atoms with Crippen LogP contribution in [0.2, 0.25) is 0 Å². The first-order chi connectivity index (χ1) is 30.0. The molecule has 286 valence electrons. The lowest BCUT2D eigenvalue weighted by atomic mass is 9.70. The molecule has 0 fully saturated rings. The van der Waals surface area contributed by atoms with Crippen molar-refractivity contribution >= 4 is 70.5 Å². The maximum Gasteiger partial charge on any atom is 0.144 e. The van der Waals surface area contributed by atoms with Gasteiger partial charge in [0.05, 0.1) is 15.8 Å². The first-order valence-electron chi connectivity index (χ1n) is 21.3. The smallest absolute Gasteiger partial charge is 0.144 e. The van der Waals surface area contributed by atoms with E-state index in [2.05, 4.69) is 207 Å². The van der Waals surface area contributed by atoms with Crippen molar-refractivity contribution in [1.29, 1.82) is 0 Å². The van der Waals surface area contributed by atoms with Crippen molar-refractivity contribution in [2.24, 2.45) is 0 Å². The van der Waals surface area contributed by atoms with Crippen molar-refractivity contribution in [2.75, 3.05) is 4.90 Å². The molecule has 0 aliphatic heterocycles. The summed E-state index contributed by atoms with van der Waals surface area (Å²) in [6.45, 7) is 4.76. The van der Waals surface area contributed by atoms with Crippen LogP contribution < -0.4 is 4.90 Å². The van der Waals surface area contributed by atoms with Crippen molar-refractivity contribution in [2.45, 2.75) is 24.7 Å². The molecule has 14 rings (SSSR count). The fourth-order valence-corrected chi connectivity index (χ4v) is 12.9. The fraction of sp³-hybridized carbons (Fsp3) is 0.0690. The molecule has 0 unspecified atom stereocenters. The molecule has 0 saturated carbocycles. The molecule has 0 bridgehead atoms. The van der Waals surface area contributed by atoms with Crippen LogP contribution in [-0.2, 0) is 10.8 Å². The molecule has 3 aliphatic rings. The lowest BCUT2D eigenvalue weighted by molar-refractivity contribution is 0.660. The van der Waals surface area contributed by atoms with E-state index in [0.29, 0.717) is 0 Å². The van der Waals surface area contributed by atoms with Crippen LogP contribution in [0.15, 0.2) is 192 Å². The van der Waals surface area contributed by atoms with Crippen LogP contribution in [0.4, 0.5) is 17.1 Å². The summed E-state index contributed by atoms with van der Waals surface area (Å²) in [6.07, 6.45) is 0. The highest BCUT2D eigenvalue weighted by Gasteiger charge is 2.51. The van der Waals surface area contributed by atoms with Crippen LogP contribution in [-0.4, -0.2) is 0 Å². The average Bonchev–Trinajstić information content (AvgIpc) is 4.08. The largest absolute Gasteiger partial charge is 0.455 e. The molecule has 1 spiro atoms. The number of anilines is 3. The first kappa shape index (κ1) is 33.6.